The minimum atomic E-state index is -0.105. The number of benzene rings is 1. The van der Waals surface area contributed by atoms with E-state index in [1.807, 2.05) is 0 Å². The van der Waals surface area contributed by atoms with Crippen molar-refractivity contribution >= 4 is 23.2 Å². The van der Waals surface area contributed by atoms with Crippen molar-refractivity contribution in [3.8, 4) is 5.75 Å². The van der Waals surface area contributed by atoms with Crippen LogP contribution in [-0.4, -0.2) is 6.54 Å². The molecule has 0 fully saturated rings. The fourth-order valence-electron chi connectivity index (χ4n) is 1.47. The van der Waals surface area contributed by atoms with Crippen molar-refractivity contribution in [2.24, 2.45) is 5.92 Å². The second-order valence-electron chi connectivity index (χ2n) is 4.34. The molecule has 0 amide bonds. The fraction of sp³-hybridized carbons (Fsp3) is 0.500. The summed E-state index contributed by atoms with van der Waals surface area (Å²) in [4.78, 5) is 0. The van der Waals surface area contributed by atoms with Gasteiger partial charge in [-0.2, -0.15) is 0 Å². The van der Waals surface area contributed by atoms with Crippen molar-refractivity contribution in [1.29, 1.82) is 0 Å². The van der Waals surface area contributed by atoms with Crippen LogP contribution in [-0.2, 0) is 6.54 Å². The number of nitrogens with two attached hydrogens (primary N) is 1. The normalized spacial score (nSPS) is 11.1. The van der Waals surface area contributed by atoms with Gasteiger partial charge in [0.15, 0.2) is 0 Å². The van der Waals surface area contributed by atoms with Crippen molar-refractivity contribution in [1.82, 2.24) is 0 Å². The summed E-state index contributed by atoms with van der Waals surface area (Å²) in [5.41, 5.74) is 0.682. The predicted molar refractivity (Wildman–Crippen MR) is 65.9 cm³/mol. The van der Waals surface area contributed by atoms with Gasteiger partial charge in [0.1, 0.15) is 6.54 Å². The van der Waals surface area contributed by atoms with Crippen LogP contribution in [0.2, 0.25) is 10.0 Å². The molecule has 0 aromatic heterocycles. The second kappa shape index (κ2) is 6.33. The van der Waals surface area contributed by atoms with E-state index < -0.39 is 0 Å². The van der Waals surface area contributed by atoms with Crippen LogP contribution >= 0.6 is 23.2 Å². The molecular formula is C12H17Cl2NO. The standard InChI is InChI=1S/C12H17Cl2NO/c1-8(2)3-4-15-7-9-5-10(13)6-11(14)12(9)16/h5-6,8,15-16H,3-4,7H2,1-2H3. The first-order valence-electron chi connectivity index (χ1n) is 5.47. The zero-order valence-electron chi connectivity index (χ0n) is 9.59. The molecule has 2 N–H and O–H groups in total. The van der Waals surface area contributed by atoms with Crippen LogP contribution in [0, 0.1) is 5.92 Å². The van der Waals surface area contributed by atoms with E-state index in [2.05, 4.69) is 19.2 Å². The smallest absolute Gasteiger partial charge is 0.101 e. The summed E-state index contributed by atoms with van der Waals surface area (Å²) in [6.07, 6.45) is 1.14. The maximum Gasteiger partial charge on any atom is 0.101 e. The highest BCUT2D eigenvalue weighted by Gasteiger charge is 2.03. The number of hydrogen-bond acceptors (Lipinski definition) is 1. The molecule has 0 radical (unpaired) electrons. The number of rotatable bonds is 5. The summed E-state index contributed by atoms with van der Waals surface area (Å²) < 4.78 is 0. The molecule has 0 heterocycles. The van der Waals surface area contributed by atoms with Gasteiger partial charge in [-0.1, -0.05) is 42.8 Å². The molecule has 0 saturated carbocycles. The zero-order chi connectivity index (χ0) is 12.1. The highest BCUT2D eigenvalue weighted by atomic mass is 35.5. The Labute approximate surface area is 107 Å². The van der Waals surface area contributed by atoms with Crippen LogP contribution in [0.5, 0.6) is 5.75 Å². The second-order valence-corrected chi connectivity index (χ2v) is 5.18. The molecule has 0 aliphatic heterocycles. The number of halogens is 2. The molecule has 1 rings (SSSR count). The van der Waals surface area contributed by atoms with Gasteiger partial charge in [-0.25, -0.2) is 0 Å². The first-order valence-corrected chi connectivity index (χ1v) is 6.23. The highest BCUT2D eigenvalue weighted by molar-refractivity contribution is 6.35. The van der Waals surface area contributed by atoms with Gasteiger partial charge < -0.3 is 10.4 Å². The summed E-state index contributed by atoms with van der Waals surface area (Å²) in [7, 11) is 0. The molecule has 0 saturated heterocycles. The van der Waals surface area contributed by atoms with Crippen molar-refractivity contribution in [3.05, 3.63) is 27.7 Å². The first-order chi connectivity index (χ1) is 7.50. The zero-order valence-corrected chi connectivity index (χ0v) is 11.1. The summed E-state index contributed by atoms with van der Waals surface area (Å²) in [6, 6.07) is 3.19. The maximum atomic E-state index is 11.6. The lowest BCUT2D eigenvalue weighted by Crippen LogP contribution is -2.82. The Morgan fingerprint density at radius 1 is 1.31 bits per heavy atom. The van der Waals surface area contributed by atoms with Gasteiger partial charge in [-0.15, -0.1) is 0 Å². The molecule has 90 valence electrons. The van der Waals surface area contributed by atoms with Gasteiger partial charge in [0, 0.05) is 15.6 Å². The predicted octanol–water partition coefficient (Wildman–Crippen LogP) is 2.18. The number of hydrogen-bond donors (Lipinski definition) is 1. The minimum absolute atomic E-state index is 0.105. The Kier molecular flexibility index (Phi) is 5.39. The average Bonchev–Trinajstić information content (AvgIpc) is 2.19. The maximum absolute atomic E-state index is 11.6. The first kappa shape index (κ1) is 13.6. The third-order valence-corrected chi connectivity index (χ3v) is 2.90. The summed E-state index contributed by atoms with van der Waals surface area (Å²) in [5, 5.41) is 14.5. The molecule has 4 heteroatoms. The summed E-state index contributed by atoms with van der Waals surface area (Å²) >= 11 is 11.6. The fourth-order valence-corrected chi connectivity index (χ4v) is 2.01. The van der Waals surface area contributed by atoms with Gasteiger partial charge in [0.05, 0.1) is 6.54 Å². The summed E-state index contributed by atoms with van der Waals surface area (Å²) in [5.74, 6) is 0.581. The van der Waals surface area contributed by atoms with Crippen molar-refractivity contribution in [3.63, 3.8) is 0 Å². The van der Waals surface area contributed by atoms with Crippen LogP contribution in [0.15, 0.2) is 12.1 Å². The molecule has 0 atom stereocenters. The van der Waals surface area contributed by atoms with Crippen molar-refractivity contribution in [2.45, 2.75) is 26.8 Å². The molecule has 1 aromatic carbocycles. The Morgan fingerprint density at radius 3 is 2.62 bits per heavy atom. The number of quaternary nitrogens is 1. The van der Waals surface area contributed by atoms with Gasteiger partial charge in [-0.3, -0.25) is 0 Å². The Balaban J connectivity index is 2.53. The molecular weight excluding hydrogens is 245 g/mol. The van der Waals surface area contributed by atoms with E-state index in [0.29, 0.717) is 23.0 Å². The van der Waals surface area contributed by atoms with E-state index in [0.717, 1.165) is 13.0 Å². The molecule has 16 heavy (non-hydrogen) atoms. The monoisotopic (exact) mass is 261 g/mol. The molecule has 0 spiro atoms. The van der Waals surface area contributed by atoms with Crippen LogP contribution < -0.4 is 10.4 Å². The Hall–Kier alpha value is -0.440. The topological polar surface area (TPSA) is 39.7 Å². The summed E-state index contributed by atoms with van der Waals surface area (Å²) in [6.45, 7) is 6.03. The van der Waals surface area contributed by atoms with E-state index in [4.69, 9.17) is 23.2 Å². The molecule has 0 bridgehead atoms. The van der Waals surface area contributed by atoms with Gasteiger partial charge in [0.2, 0.25) is 0 Å². The van der Waals surface area contributed by atoms with Crippen LogP contribution in [0.1, 0.15) is 25.8 Å². The quantitative estimate of drug-likeness (QED) is 0.812. The Morgan fingerprint density at radius 2 is 2.00 bits per heavy atom. The van der Waals surface area contributed by atoms with Gasteiger partial charge in [-0.05, 0) is 24.5 Å². The van der Waals surface area contributed by atoms with E-state index >= 15 is 0 Å². The van der Waals surface area contributed by atoms with Crippen LogP contribution in [0.3, 0.4) is 0 Å². The SMILES string of the molecule is CC(C)CC[NH2+]Cc1cc(Cl)cc(Cl)c1[O-]. The van der Waals surface area contributed by atoms with Crippen molar-refractivity contribution < 1.29 is 10.4 Å². The third kappa shape index (κ3) is 4.20. The third-order valence-electron chi connectivity index (χ3n) is 2.40. The molecule has 0 unspecified atom stereocenters. The van der Waals surface area contributed by atoms with Gasteiger partial charge in [0.25, 0.3) is 0 Å². The molecule has 2 nitrogen and oxygen atoms in total. The molecule has 1 aromatic rings. The average molecular weight is 262 g/mol. The van der Waals surface area contributed by atoms with Crippen LogP contribution in [0.25, 0.3) is 0 Å². The lowest BCUT2D eigenvalue weighted by atomic mass is 10.1. The van der Waals surface area contributed by atoms with E-state index in [1.54, 1.807) is 6.07 Å². The molecule has 0 aliphatic rings. The molecule has 0 aliphatic carbocycles. The lowest BCUT2D eigenvalue weighted by molar-refractivity contribution is -0.671. The largest absolute Gasteiger partial charge is 0.871 e. The van der Waals surface area contributed by atoms with Crippen LogP contribution in [0.4, 0.5) is 0 Å². The van der Waals surface area contributed by atoms with E-state index in [-0.39, 0.29) is 10.8 Å². The van der Waals surface area contributed by atoms with Gasteiger partial charge >= 0.3 is 0 Å². The lowest BCUT2D eigenvalue weighted by Gasteiger charge is -2.15. The Bertz CT molecular complexity index is 353. The van der Waals surface area contributed by atoms with E-state index in [1.165, 1.54) is 6.07 Å². The van der Waals surface area contributed by atoms with Crippen molar-refractivity contribution in [2.75, 3.05) is 6.54 Å². The minimum Gasteiger partial charge on any atom is -0.871 e. The highest BCUT2D eigenvalue weighted by Crippen LogP contribution is 2.28. The van der Waals surface area contributed by atoms with E-state index in [9.17, 15) is 5.11 Å².